The first-order chi connectivity index (χ1) is 11.9. The molecule has 24 heavy (non-hydrogen) atoms. The number of piperidine rings is 1. The molecule has 0 bridgehead atoms. The maximum atomic E-state index is 4.46. The molecular formula is C19H21N5. The SMILES string of the molecule is c1cnc(Nc2cc3cc(CC4CCNCC4)ccc3cn2)cn1. The Morgan fingerprint density at radius 2 is 1.88 bits per heavy atom. The van der Waals surface area contributed by atoms with E-state index >= 15 is 0 Å². The molecule has 0 unspecified atom stereocenters. The monoisotopic (exact) mass is 319 g/mol. The van der Waals surface area contributed by atoms with Crippen molar-refractivity contribution in [1.29, 1.82) is 0 Å². The van der Waals surface area contributed by atoms with E-state index in [1.165, 1.54) is 23.8 Å². The van der Waals surface area contributed by atoms with Gasteiger partial charge in [-0.3, -0.25) is 4.98 Å². The minimum atomic E-state index is 0.704. The molecule has 2 N–H and O–H groups in total. The molecule has 1 fully saturated rings. The van der Waals surface area contributed by atoms with E-state index in [1.54, 1.807) is 18.6 Å². The van der Waals surface area contributed by atoms with Gasteiger partial charge in [0.1, 0.15) is 11.6 Å². The fraction of sp³-hybridized carbons (Fsp3) is 0.316. The zero-order valence-corrected chi connectivity index (χ0v) is 13.6. The highest BCUT2D eigenvalue weighted by atomic mass is 15.1. The molecule has 5 nitrogen and oxygen atoms in total. The lowest BCUT2D eigenvalue weighted by molar-refractivity contribution is 0.373. The van der Waals surface area contributed by atoms with Gasteiger partial charge in [0.15, 0.2) is 0 Å². The number of nitrogens with one attached hydrogen (secondary N) is 2. The summed E-state index contributed by atoms with van der Waals surface area (Å²) in [6.07, 6.45) is 10.6. The fourth-order valence-electron chi connectivity index (χ4n) is 3.30. The summed E-state index contributed by atoms with van der Waals surface area (Å²) < 4.78 is 0. The Kier molecular flexibility index (Phi) is 4.34. The third-order valence-electron chi connectivity index (χ3n) is 4.59. The molecule has 0 aliphatic carbocycles. The lowest BCUT2D eigenvalue weighted by atomic mass is 9.90. The first-order valence-electron chi connectivity index (χ1n) is 8.49. The predicted molar refractivity (Wildman–Crippen MR) is 96.4 cm³/mol. The van der Waals surface area contributed by atoms with Crippen LogP contribution in [0.4, 0.5) is 11.6 Å². The molecule has 3 aromatic rings. The number of aromatic nitrogens is 3. The van der Waals surface area contributed by atoms with Crippen LogP contribution in [0.25, 0.3) is 10.8 Å². The summed E-state index contributed by atoms with van der Waals surface area (Å²) >= 11 is 0. The molecule has 1 aliphatic rings. The summed E-state index contributed by atoms with van der Waals surface area (Å²) in [5.74, 6) is 2.29. The molecule has 1 aromatic carbocycles. The number of benzene rings is 1. The zero-order chi connectivity index (χ0) is 16.2. The first-order valence-corrected chi connectivity index (χ1v) is 8.49. The molecule has 0 saturated carbocycles. The Labute approximate surface area is 141 Å². The molecule has 0 atom stereocenters. The molecule has 0 spiro atoms. The third kappa shape index (κ3) is 3.51. The second kappa shape index (κ2) is 6.93. The summed E-state index contributed by atoms with van der Waals surface area (Å²) in [5.41, 5.74) is 1.41. The average molecular weight is 319 g/mol. The van der Waals surface area contributed by atoms with Crippen molar-refractivity contribution in [3.8, 4) is 0 Å². The highest BCUT2D eigenvalue weighted by Gasteiger charge is 2.13. The van der Waals surface area contributed by atoms with E-state index in [2.05, 4.69) is 49.9 Å². The molecule has 0 amide bonds. The summed E-state index contributed by atoms with van der Waals surface area (Å²) in [5, 5.41) is 9.01. The van der Waals surface area contributed by atoms with Crippen LogP contribution in [0.2, 0.25) is 0 Å². The van der Waals surface area contributed by atoms with Crippen LogP contribution in [0.1, 0.15) is 18.4 Å². The van der Waals surface area contributed by atoms with E-state index in [-0.39, 0.29) is 0 Å². The van der Waals surface area contributed by atoms with Gasteiger partial charge < -0.3 is 10.6 Å². The Hall–Kier alpha value is -2.53. The van der Waals surface area contributed by atoms with Crippen LogP contribution >= 0.6 is 0 Å². The molecule has 2 aromatic heterocycles. The van der Waals surface area contributed by atoms with Crippen molar-refractivity contribution >= 4 is 22.4 Å². The molecule has 122 valence electrons. The van der Waals surface area contributed by atoms with E-state index in [0.29, 0.717) is 5.82 Å². The normalized spacial score (nSPS) is 15.5. The van der Waals surface area contributed by atoms with Gasteiger partial charge in [-0.05, 0) is 55.3 Å². The van der Waals surface area contributed by atoms with Crippen molar-refractivity contribution < 1.29 is 0 Å². The van der Waals surface area contributed by atoms with Crippen molar-refractivity contribution in [1.82, 2.24) is 20.3 Å². The summed E-state index contributed by atoms with van der Waals surface area (Å²) in [4.78, 5) is 12.8. The molecule has 3 heterocycles. The quantitative estimate of drug-likeness (QED) is 0.772. The van der Waals surface area contributed by atoms with Crippen molar-refractivity contribution in [2.75, 3.05) is 18.4 Å². The molecule has 1 saturated heterocycles. The van der Waals surface area contributed by atoms with Crippen molar-refractivity contribution in [3.63, 3.8) is 0 Å². The lowest BCUT2D eigenvalue weighted by Crippen LogP contribution is -2.28. The number of nitrogens with zero attached hydrogens (tertiary/aromatic N) is 3. The fourth-order valence-corrected chi connectivity index (χ4v) is 3.30. The Morgan fingerprint density at radius 1 is 0.958 bits per heavy atom. The Bertz CT molecular complexity index is 812. The van der Waals surface area contributed by atoms with E-state index in [9.17, 15) is 0 Å². The Morgan fingerprint density at radius 3 is 2.71 bits per heavy atom. The second-order valence-corrected chi connectivity index (χ2v) is 6.36. The zero-order valence-electron chi connectivity index (χ0n) is 13.6. The third-order valence-corrected chi connectivity index (χ3v) is 4.59. The number of hydrogen-bond donors (Lipinski definition) is 2. The lowest BCUT2D eigenvalue weighted by Gasteiger charge is -2.22. The van der Waals surface area contributed by atoms with Gasteiger partial charge in [-0.25, -0.2) is 9.97 Å². The van der Waals surface area contributed by atoms with Gasteiger partial charge in [0, 0.05) is 24.0 Å². The van der Waals surface area contributed by atoms with Gasteiger partial charge in [0.2, 0.25) is 0 Å². The number of anilines is 2. The van der Waals surface area contributed by atoms with Crippen molar-refractivity contribution in [2.24, 2.45) is 5.92 Å². The second-order valence-electron chi connectivity index (χ2n) is 6.36. The summed E-state index contributed by atoms with van der Waals surface area (Å²) in [6.45, 7) is 2.29. The predicted octanol–water partition coefficient (Wildman–Crippen LogP) is 3.31. The van der Waals surface area contributed by atoms with Gasteiger partial charge in [-0.2, -0.15) is 0 Å². The topological polar surface area (TPSA) is 62.7 Å². The van der Waals surface area contributed by atoms with Gasteiger partial charge in [0.25, 0.3) is 0 Å². The highest BCUT2D eigenvalue weighted by Crippen LogP contribution is 2.23. The minimum absolute atomic E-state index is 0.704. The van der Waals surface area contributed by atoms with Crippen LogP contribution < -0.4 is 10.6 Å². The Balaban J connectivity index is 1.55. The van der Waals surface area contributed by atoms with E-state index in [0.717, 1.165) is 36.6 Å². The smallest absolute Gasteiger partial charge is 0.150 e. The van der Waals surface area contributed by atoms with Gasteiger partial charge in [0.05, 0.1) is 6.20 Å². The van der Waals surface area contributed by atoms with Crippen molar-refractivity contribution in [3.05, 3.63) is 54.6 Å². The maximum Gasteiger partial charge on any atom is 0.150 e. The molecule has 4 rings (SSSR count). The summed E-state index contributed by atoms with van der Waals surface area (Å²) in [7, 11) is 0. The van der Waals surface area contributed by atoms with Crippen LogP contribution in [-0.4, -0.2) is 28.0 Å². The van der Waals surface area contributed by atoms with Crippen molar-refractivity contribution in [2.45, 2.75) is 19.3 Å². The number of rotatable bonds is 4. The van der Waals surface area contributed by atoms with Gasteiger partial charge in [-0.1, -0.05) is 18.2 Å². The van der Waals surface area contributed by atoms with Crippen LogP contribution in [0, 0.1) is 5.92 Å². The van der Waals surface area contributed by atoms with Crippen LogP contribution in [0.15, 0.2) is 49.1 Å². The van der Waals surface area contributed by atoms with E-state index in [1.807, 2.05) is 6.20 Å². The average Bonchev–Trinajstić information content (AvgIpc) is 2.63. The molecule has 5 heteroatoms. The number of hydrogen-bond acceptors (Lipinski definition) is 5. The standard InChI is InChI=1S/C19H21N5/c1-2-16-12-23-18(24-19-13-21-7-8-22-19)11-17(16)10-15(1)9-14-3-5-20-6-4-14/h1-2,7-8,10-14,20H,3-6,9H2,(H,22,23,24). The van der Waals surface area contributed by atoms with Gasteiger partial charge >= 0.3 is 0 Å². The largest absolute Gasteiger partial charge is 0.324 e. The molecule has 1 aliphatic heterocycles. The van der Waals surface area contributed by atoms with Crippen LogP contribution in [0.3, 0.4) is 0 Å². The number of pyridine rings is 1. The maximum absolute atomic E-state index is 4.46. The molecule has 0 radical (unpaired) electrons. The van der Waals surface area contributed by atoms with E-state index < -0.39 is 0 Å². The van der Waals surface area contributed by atoms with E-state index in [4.69, 9.17) is 0 Å². The van der Waals surface area contributed by atoms with Crippen LogP contribution in [-0.2, 0) is 6.42 Å². The first kappa shape index (κ1) is 15.0. The highest BCUT2D eigenvalue weighted by molar-refractivity contribution is 5.85. The summed E-state index contributed by atoms with van der Waals surface area (Å²) in [6, 6.07) is 8.78. The van der Waals surface area contributed by atoms with Gasteiger partial charge in [-0.15, -0.1) is 0 Å². The molecular weight excluding hydrogens is 298 g/mol. The number of fused-ring (bicyclic) bond motifs is 1. The van der Waals surface area contributed by atoms with Crippen LogP contribution in [0.5, 0.6) is 0 Å². The minimum Gasteiger partial charge on any atom is -0.324 e.